The van der Waals surface area contributed by atoms with Gasteiger partial charge in [0.15, 0.2) is 17.5 Å². The summed E-state index contributed by atoms with van der Waals surface area (Å²) >= 11 is 0. The highest BCUT2D eigenvalue weighted by Crippen LogP contribution is 2.33. The van der Waals surface area contributed by atoms with E-state index in [1.807, 2.05) is 31.3 Å². The van der Waals surface area contributed by atoms with Gasteiger partial charge in [-0.15, -0.1) is 5.92 Å². The first-order valence-electron chi connectivity index (χ1n) is 11.2. The van der Waals surface area contributed by atoms with Gasteiger partial charge >= 0.3 is 0 Å². The van der Waals surface area contributed by atoms with E-state index in [1.165, 1.54) is 5.56 Å². The van der Waals surface area contributed by atoms with Crippen molar-refractivity contribution in [3.8, 4) is 28.9 Å². The molecule has 1 aliphatic heterocycles. The predicted octanol–water partition coefficient (Wildman–Crippen LogP) is 4.27. The first kappa shape index (κ1) is 21.3. The summed E-state index contributed by atoms with van der Waals surface area (Å²) in [6, 6.07) is 14.0. The van der Waals surface area contributed by atoms with Crippen molar-refractivity contribution in [2.24, 2.45) is 0 Å². The number of pyridine rings is 1. The Balaban J connectivity index is 1.59. The molecule has 0 spiro atoms. The SMILES string of the molecule is CCC#CC(O)c1cc2nc(-n3ccc(-c4cccc(C)c4)n3)cc(N3CCOCC3)c2o1. The van der Waals surface area contributed by atoms with Crippen LogP contribution in [-0.4, -0.2) is 46.2 Å². The minimum Gasteiger partial charge on any atom is -0.453 e. The third kappa shape index (κ3) is 4.36. The molecule has 0 amide bonds. The minimum atomic E-state index is -0.988. The van der Waals surface area contributed by atoms with Gasteiger partial charge in [-0.05, 0) is 19.1 Å². The number of ether oxygens (including phenoxy) is 1. The second-order valence-electron chi connectivity index (χ2n) is 8.05. The highest BCUT2D eigenvalue weighted by molar-refractivity contribution is 5.88. The van der Waals surface area contributed by atoms with Crippen LogP contribution in [0.4, 0.5) is 5.69 Å². The number of aliphatic hydroxyl groups is 1. The Labute approximate surface area is 192 Å². The normalized spacial score (nSPS) is 14.8. The fraction of sp³-hybridized carbons (Fsp3) is 0.308. The number of aromatic nitrogens is 3. The van der Waals surface area contributed by atoms with Crippen molar-refractivity contribution in [1.29, 1.82) is 0 Å². The first-order chi connectivity index (χ1) is 16.1. The second kappa shape index (κ2) is 9.10. The molecule has 1 N–H and O–H groups in total. The van der Waals surface area contributed by atoms with Gasteiger partial charge in [0, 0.05) is 43.4 Å². The number of hydrogen-bond acceptors (Lipinski definition) is 6. The predicted molar refractivity (Wildman–Crippen MR) is 127 cm³/mol. The average molecular weight is 443 g/mol. The number of aryl methyl sites for hydroxylation is 1. The van der Waals surface area contributed by atoms with Gasteiger partial charge in [-0.25, -0.2) is 9.67 Å². The molecule has 3 aromatic heterocycles. The number of hydrogen-bond donors (Lipinski definition) is 1. The number of aliphatic hydroxyl groups excluding tert-OH is 1. The number of furan rings is 1. The van der Waals surface area contributed by atoms with E-state index in [0.29, 0.717) is 42.3 Å². The third-order valence-corrected chi connectivity index (χ3v) is 5.64. The summed E-state index contributed by atoms with van der Waals surface area (Å²) in [5.74, 6) is 6.80. The van der Waals surface area contributed by atoms with E-state index in [-0.39, 0.29) is 0 Å². The van der Waals surface area contributed by atoms with Crippen LogP contribution in [0.3, 0.4) is 0 Å². The third-order valence-electron chi connectivity index (χ3n) is 5.64. The van der Waals surface area contributed by atoms with E-state index < -0.39 is 6.10 Å². The van der Waals surface area contributed by atoms with Gasteiger partial charge in [0.1, 0.15) is 11.3 Å². The zero-order valence-electron chi connectivity index (χ0n) is 18.8. The van der Waals surface area contributed by atoms with Crippen molar-refractivity contribution < 1.29 is 14.3 Å². The molecule has 4 aromatic rings. The summed E-state index contributed by atoms with van der Waals surface area (Å²) in [5, 5.41) is 15.2. The lowest BCUT2D eigenvalue weighted by molar-refractivity contribution is 0.122. The molecule has 0 aliphatic carbocycles. The van der Waals surface area contributed by atoms with Gasteiger partial charge < -0.3 is 19.2 Å². The molecule has 1 atom stereocenters. The lowest BCUT2D eigenvalue weighted by Gasteiger charge is -2.29. The van der Waals surface area contributed by atoms with Crippen molar-refractivity contribution in [1.82, 2.24) is 14.8 Å². The van der Waals surface area contributed by atoms with Crippen molar-refractivity contribution >= 4 is 16.8 Å². The number of anilines is 1. The van der Waals surface area contributed by atoms with Crippen LogP contribution in [0.1, 0.15) is 30.8 Å². The molecular formula is C26H26N4O3. The molecule has 1 unspecified atom stereocenters. The number of morpholine rings is 1. The molecule has 1 fully saturated rings. The van der Waals surface area contributed by atoms with Gasteiger partial charge in [-0.3, -0.25) is 0 Å². The number of nitrogens with zero attached hydrogens (tertiary/aromatic N) is 4. The van der Waals surface area contributed by atoms with Crippen molar-refractivity contribution in [2.45, 2.75) is 26.4 Å². The minimum absolute atomic E-state index is 0.394. The van der Waals surface area contributed by atoms with E-state index in [9.17, 15) is 5.11 Å². The summed E-state index contributed by atoms with van der Waals surface area (Å²) < 4.78 is 13.4. The highest BCUT2D eigenvalue weighted by atomic mass is 16.5. The molecular weight excluding hydrogens is 416 g/mol. The van der Waals surface area contributed by atoms with E-state index in [0.717, 1.165) is 30.0 Å². The van der Waals surface area contributed by atoms with Crippen molar-refractivity contribution in [2.75, 3.05) is 31.2 Å². The van der Waals surface area contributed by atoms with E-state index in [2.05, 4.69) is 41.9 Å². The maximum Gasteiger partial charge on any atom is 0.176 e. The van der Waals surface area contributed by atoms with Crippen LogP contribution >= 0.6 is 0 Å². The zero-order chi connectivity index (χ0) is 22.8. The monoisotopic (exact) mass is 442 g/mol. The molecule has 5 rings (SSSR count). The molecule has 33 heavy (non-hydrogen) atoms. The summed E-state index contributed by atoms with van der Waals surface area (Å²) in [6.45, 7) is 6.81. The van der Waals surface area contributed by atoms with Crippen LogP contribution in [-0.2, 0) is 4.74 Å². The van der Waals surface area contributed by atoms with Crippen LogP contribution in [0.25, 0.3) is 28.2 Å². The summed E-state index contributed by atoms with van der Waals surface area (Å²) in [6.07, 6.45) is 1.59. The molecule has 7 nitrogen and oxygen atoms in total. The van der Waals surface area contributed by atoms with Gasteiger partial charge in [0.05, 0.1) is 24.6 Å². The quantitative estimate of drug-likeness (QED) is 0.476. The second-order valence-corrected chi connectivity index (χ2v) is 8.05. The van der Waals surface area contributed by atoms with E-state index in [1.54, 1.807) is 10.7 Å². The maximum atomic E-state index is 10.4. The van der Waals surface area contributed by atoms with Gasteiger partial charge in [0.25, 0.3) is 0 Å². The van der Waals surface area contributed by atoms with Crippen LogP contribution in [0.2, 0.25) is 0 Å². The first-order valence-corrected chi connectivity index (χ1v) is 11.2. The summed E-state index contributed by atoms with van der Waals surface area (Å²) in [4.78, 5) is 7.02. The number of rotatable bonds is 4. The standard InChI is InChI=1S/C26H26N4O3/c1-3-4-8-23(31)24-16-21-26(33-24)22(29-11-13-32-14-12-29)17-25(27-21)30-10-9-20(28-30)19-7-5-6-18(2)15-19/h5-7,9-10,15-17,23,31H,3,11-14H2,1-2H3. The smallest absolute Gasteiger partial charge is 0.176 e. The van der Waals surface area contributed by atoms with Crippen LogP contribution in [0.5, 0.6) is 0 Å². The van der Waals surface area contributed by atoms with Crippen molar-refractivity contribution in [3.05, 3.63) is 60.0 Å². The topological polar surface area (TPSA) is 76.6 Å². The van der Waals surface area contributed by atoms with Gasteiger partial charge in [-0.1, -0.05) is 36.6 Å². The molecule has 1 saturated heterocycles. The van der Waals surface area contributed by atoms with Crippen molar-refractivity contribution in [3.63, 3.8) is 0 Å². The Bertz CT molecular complexity index is 1340. The molecule has 7 heteroatoms. The number of fused-ring (bicyclic) bond motifs is 1. The summed E-state index contributed by atoms with van der Waals surface area (Å²) in [7, 11) is 0. The average Bonchev–Trinajstić information content (AvgIpc) is 3.50. The van der Waals surface area contributed by atoms with Gasteiger partial charge in [0.2, 0.25) is 0 Å². The van der Waals surface area contributed by atoms with Crippen LogP contribution in [0, 0.1) is 18.8 Å². The fourth-order valence-corrected chi connectivity index (χ4v) is 3.98. The summed E-state index contributed by atoms with van der Waals surface area (Å²) in [5.41, 5.74) is 5.34. The van der Waals surface area contributed by atoms with Gasteiger partial charge in [-0.2, -0.15) is 5.10 Å². The van der Waals surface area contributed by atoms with Crippen LogP contribution < -0.4 is 4.90 Å². The van der Waals surface area contributed by atoms with E-state index in [4.69, 9.17) is 19.2 Å². The Morgan fingerprint density at radius 3 is 2.79 bits per heavy atom. The molecule has 168 valence electrons. The lowest BCUT2D eigenvalue weighted by atomic mass is 10.1. The zero-order valence-corrected chi connectivity index (χ0v) is 18.8. The van der Waals surface area contributed by atoms with E-state index >= 15 is 0 Å². The fourth-order valence-electron chi connectivity index (χ4n) is 3.98. The lowest BCUT2D eigenvalue weighted by Crippen LogP contribution is -2.36. The maximum absolute atomic E-state index is 10.4. The Kier molecular flexibility index (Phi) is 5.86. The molecule has 0 bridgehead atoms. The molecule has 1 aromatic carbocycles. The number of benzene rings is 1. The molecule has 1 aliphatic rings. The Morgan fingerprint density at radius 1 is 1.15 bits per heavy atom. The molecule has 0 saturated carbocycles. The largest absolute Gasteiger partial charge is 0.453 e. The molecule has 0 radical (unpaired) electrons. The Hall–Kier alpha value is -3.60. The van der Waals surface area contributed by atoms with Crippen LogP contribution in [0.15, 0.2) is 53.1 Å². The Morgan fingerprint density at radius 2 is 2.00 bits per heavy atom. The highest BCUT2D eigenvalue weighted by Gasteiger charge is 2.22. The molecule has 4 heterocycles.